The van der Waals surface area contributed by atoms with Crippen LogP contribution in [0.4, 0.5) is 5.69 Å². The number of aromatic nitrogens is 1. The van der Waals surface area contributed by atoms with Gasteiger partial charge in [-0.25, -0.2) is 4.98 Å². The second kappa shape index (κ2) is 11.6. The van der Waals surface area contributed by atoms with Crippen LogP contribution in [0.1, 0.15) is 11.3 Å². The van der Waals surface area contributed by atoms with Crippen molar-refractivity contribution in [3.8, 4) is 28.1 Å². The summed E-state index contributed by atoms with van der Waals surface area (Å²) < 4.78 is 11.0. The lowest BCUT2D eigenvalue weighted by molar-refractivity contribution is -0.146. The number of hydrogen-bond donors (Lipinski definition) is 1. The van der Waals surface area contributed by atoms with Crippen molar-refractivity contribution in [1.29, 1.82) is 5.26 Å². The van der Waals surface area contributed by atoms with Gasteiger partial charge < -0.3 is 14.8 Å². The Morgan fingerprint density at radius 3 is 2.51 bits per heavy atom. The first-order valence-electron chi connectivity index (χ1n) is 10.8. The van der Waals surface area contributed by atoms with Crippen LogP contribution in [0, 0.1) is 11.3 Å². The monoisotopic (exact) mass is 483 g/mol. The van der Waals surface area contributed by atoms with Crippen molar-refractivity contribution >= 4 is 28.9 Å². The summed E-state index contributed by atoms with van der Waals surface area (Å²) in [7, 11) is 0. The third-order valence-electron chi connectivity index (χ3n) is 4.82. The Morgan fingerprint density at radius 1 is 0.971 bits per heavy atom. The van der Waals surface area contributed by atoms with E-state index in [0.717, 1.165) is 21.9 Å². The van der Waals surface area contributed by atoms with Crippen LogP contribution in [0.15, 0.2) is 84.2 Å². The number of hydrogen-bond acceptors (Lipinski definition) is 7. The topological polar surface area (TPSA) is 101 Å². The van der Waals surface area contributed by atoms with Gasteiger partial charge in [-0.05, 0) is 42.0 Å². The number of rotatable bonds is 9. The summed E-state index contributed by atoms with van der Waals surface area (Å²) >= 11 is 1.42. The van der Waals surface area contributed by atoms with E-state index in [1.165, 1.54) is 11.3 Å². The Labute approximate surface area is 206 Å². The predicted octanol–water partition coefficient (Wildman–Crippen LogP) is 5.39. The molecule has 0 aliphatic rings. The fourth-order valence-corrected chi connectivity index (χ4v) is 3.99. The quantitative estimate of drug-likeness (QED) is 0.320. The Hall–Kier alpha value is -4.48. The number of amides is 1. The van der Waals surface area contributed by atoms with E-state index in [1.54, 1.807) is 29.6 Å². The molecule has 0 radical (unpaired) electrons. The van der Waals surface area contributed by atoms with Crippen molar-refractivity contribution in [2.75, 3.05) is 11.9 Å². The average molecular weight is 484 g/mol. The van der Waals surface area contributed by atoms with Gasteiger partial charge in [-0.1, -0.05) is 42.5 Å². The van der Waals surface area contributed by atoms with Crippen LogP contribution in [-0.2, 0) is 27.2 Å². The lowest BCUT2D eigenvalue weighted by Gasteiger charge is -2.07. The van der Waals surface area contributed by atoms with E-state index in [9.17, 15) is 9.59 Å². The molecule has 174 valence electrons. The summed E-state index contributed by atoms with van der Waals surface area (Å²) in [4.78, 5) is 28.8. The van der Waals surface area contributed by atoms with Crippen LogP contribution < -0.4 is 10.1 Å². The van der Waals surface area contributed by atoms with Crippen molar-refractivity contribution < 1.29 is 19.1 Å². The molecule has 3 aromatic carbocycles. The Morgan fingerprint density at radius 2 is 1.74 bits per heavy atom. The standard InChI is InChI=1S/C27H21N3O4S/c28-14-13-19-9-11-21(12-10-19)29-25(31)17-33-26(32)16-22-18-35-27(30-22)20-5-4-8-24(15-20)34-23-6-2-1-3-7-23/h1-12,15,18H,13,16-17H2,(H,29,31). The Bertz CT molecular complexity index is 1340. The van der Waals surface area contributed by atoms with Gasteiger partial charge in [0.2, 0.25) is 0 Å². The summed E-state index contributed by atoms with van der Waals surface area (Å²) in [5.41, 5.74) is 2.87. The highest BCUT2D eigenvalue weighted by molar-refractivity contribution is 7.13. The first kappa shape index (κ1) is 23.7. The van der Waals surface area contributed by atoms with E-state index in [2.05, 4.69) is 16.4 Å². The largest absolute Gasteiger partial charge is 0.457 e. The smallest absolute Gasteiger partial charge is 0.312 e. The number of nitriles is 1. The molecular formula is C27H21N3O4S. The van der Waals surface area contributed by atoms with Gasteiger partial charge in [-0.3, -0.25) is 9.59 Å². The van der Waals surface area contributed by atoms with Gasteiger partial charge in [0.1, 0.15) is 16.5 Å². The maximum atomic E-state index is 12.2. The van der Waals surface area contributed by atoms with Crippen molar-refractivity contribution in [3.05, 3.63) is 95.5 Å². The number of carbonyl (C=O) groups excluding carboxylic acids is 2. The third kappa shape index (κ3) is 7.00. The lowest BCUT2D eigenvalue weighted by Crippen LogP contribution is -2.21. The van der Waals surface area contributed by atoms with Crippen LogP contribution in [0.3, 0.4) is 0 Å². The first-order valence-corrected chi connectivity index (χ1v) is 11.7. The minimum absolute atomic E-state index is 0.0349. The Kier molecular flexibility index (Phi) is 7.84. The molecule has 7 nitrogen and oxygen atoms in total. The van der Waals surface area contributed by atoms with Crippen LogP contribution >= 0.6 is 11.3 Å². The molecule has 1 heterocycles. The van der Waals surface area contributed by atoms with Crippen LogP contribution in [0.2, 0.25) is 0 Å². The minimum Gasteiger partial charge on any atom is -0.457 e. The van der Waals surface area contributed by atoms with E-state index in [0.29, 0.717) is 23.6 Å². The predicted molar refractivity (Wildman–Crippen MR) is 133 cm³/mol. The molecule has 0 unspecified atom stereocenters. The highest BCUT2D eigenvalue weighted by Crippen LogP contribution is 2.29. The van der Waals surface area contributed by atoms with E-state index in [-0.39, 0.29) is 6.42 Å². The zero-order valence-electron chi connectivity index (χ0n) is 18.6. The molecule has 0 saturated carbocycles. The van der Waals surface area contributed by atoms with E-state index in [1.807, 2.05) is 54.6 Å². The first-order chi connectivity index (χ1) is 17.1. The molecular weight excluding hydrogens is 462 g/mol. The van der Waals surface area contributed by atoms with Crippen LogP contribution in [0.5, 0.6) is 11.5 Å². The fourth-order valence-electron chi connectivity index (χ4n) is 3.18. The maximum absolute atomic E-state index is 12.2. The van der Waals surface area contributed by atoms with Gasteiger partial charge in [-0.2, -0.15) is 5.26 Å². The molecule has 0 fully saturated rings. The molecule has 1 amide bonds. The molecule has 35 heavy (non-hydrogen) atoms. The average Bonchev–Trinajstić information content (AvgIpc) is 3.33. The van der Waals surface area contributed by atoms with Gasteiger partial charge in [0.05, 0.1) is 24.6 Å². The summed E-state index contributed by atoms with van der Waals surface area (Å²) in [6.45, 7) is -0.394. The Balaban J connectivity index is 1.28. The molecule has 1 aromatic heterocycles. The number of carbonyl (C=O) groups is 2. The second-order valence-corrected chi connectivity index (χ2v) is 8.36. The van der Waals surface area contributed by atoms with E-state index in [4.69, 9.17) is 14.7 Å². The van der Waals surface area contributed by atoms with Crippen LogP contribution in [-0.4, -0.2) is 23.5 Å². The number of nitrogens with zero attached hydrogens (tertiary/aromatic N) is 2. The van der Waals surface area contributed by atoms with Gasteiger partial charge >= 0.3 is 5.97 Å². The highest BCUT2D eigenvalue weighted by Gasteiger charge is 2.13. The maximum Gasteiger partial charge on any atom is 0.312 e. The summed E-state index contributed by atoms with van der Waals surface area (Å²) in [6, 6.07) is 26.1. The molecule has 0 saturated heterocycles. The van der Waals surface area contributed by atoms with Gasteiger partial charge in [0, 0.05) is 16.6 Å². The number of thiazole rings is 1. The fraction of sp³-hybridized carbons (Fsp3) is 0.111. The summed E-state index contributed by atoms with van der Waals surface area (Å²) in [6.07, 6.45) is 0.268. The van der Waals surface area contributed by atoms with Crippen molar-refractivity contribution in [2.24, 2.45) is 0 Å². The van der Waals surface area contributed by atoms with Crippen molar-refractivity contribution in [2.45, 2.75) is 12.8 Å². The molecule has 0 aliphatic heterocycles. The molecule has 1 N–H and O–H groups in total. The van der Waals surface area contributed by atoms with Crippen molar-refractivity contribution in [1.82, 2.24) is 4.98 Å². The molecule has 4 rings (SSSR count). The number of esters is 1. The number of nitrogens with one attached hydrogen (secondary N) is 1. The third-order valence-corrected chi connectivity index (χ3v) is 5.76. The zero-order chi connectivity index (χ0) is 24.5. The van der Waals surface area contributed by atoms with Gasteiger partial charge in [0.15, 0.2) is 6.61 Å². The SMILES string of the molecule is N#CCc1ccc(NC(=O)COC(=O)Cc2csc(-c3cccc(Oc4ccccc4)c3)n2)cc1. The van der Waals surface area contributed by atoms with Crippen molar-refractivity contribution in [3.63, 3.8) is 0 Å². The number of benzene rings is 3. The van der Waals surface area contributed by atoms with Crippen LogP contribution in [0.25, 0.3) is 10.6 Å². The molecule has 0 atom stereocenters. The number of para-hydroxylation sites is 1. The normalized spacial score (nSPS) is 10.3. The number of anilines is 1. The minimum atomic E-state index is -0.539. The summed E-state index contributed by atoms with van der Waals surface area (Å²) in [5, 5.41) is 13.9. The molecule has 8 heteroatoms. The molecule has 4 aromatic rings. The molecule has 0 bridgehead atoms. The highest BCUT2D eigenvalue weighted by atomic mass is 32.1. The molecule has 0 spiro atoms. The van der Waals surface area contributed by atoms with E-state index >= 15 is 0 Å². The number of ether oxygens (including phenoxy) is 2. The lowest BCUT2D eigenvalue weighted by atomic mass is 10.1. The zero-order valence-corrected chi connectivity index (χ0v) is 19.5. The van der Waals surface area contributed by atoms with Gasteiger partial charge in [-0.15, -0.1) is 11.3 Å². The molecule has 0 aliphatic carbocycles. The second-order valence-electron chi connectivity index (χ2n) is 7.50. The van der Waals surface area contributed by atoms with Gasteiger partial charge in [0.25, 0.3) is 5.91 Å². The summed E-state index contributed by atoms with van der Waals surface area (Å²) in [5.74, 6) is 0.450. The van der Waals surface area contributed by atoms with E-state index < -0.39 is 18.5 Å².